The van der Waals surface area contributed by atoms with Gasteiger partial charge in [-0.15, -0.1) is 0 Å². The first-order valence-electron chi connectivity index (χ1n) is 10.1. The first-order chi connectivity index (χ1) is 12.7. The van der Waals surface area contributed by atoms with Crippen LogP contribution in [0.5, 0.6) is 0 Å². The Morgan fingerprint density at radius 2 is 2.07 bits per heavy atom. The van der Waals surface area contributed by atoms with Crippen molar-refractivity contribution < 1.29 is 9.53 Å². The molecule has 3 N–H and O–H groups in total. The first kappa shape index (κ1) is 20.2. The largest absolute Gasteiger partial charge is 0.375 e. The molecule has 2 fully saturated rings. The Balaban J connectivity index is 1.57. The number of carbonyl (C=O) groups excluding carboxylic acids is 1. The van der Waals surface area contributed by atoms with Crippen LogP contribution in [0.25, 0.3) is 0 Å². The summed E-state index contributed by atoms with van der Waals surface area (Å²) in [6.07, 6.45) is 1.22. The van der Waals surface area contributed by atoms with Gasteiger partial charge in [0.2, 0.25) is 5.91 Å². The van der Waals surface area contributed by atoms with Crippen LogP contribution in [0, 0.1) is 18.8 Å². The van der Waals surface area contributed by atoms with E-state index in [1.54, 1.807) is 4.68 Å². The number of hydrogen-bond donors (Lipinski definition) is 2. The van der Waals surface area contributed by atoms with E-state index in [9.17, 15) is 4.79 Å². The SMILES string of the molecule is Cc1nc([C@@H](N)C(C)C)n(CC(=O)N[C@@H]2C[C@H]3CO[C@H](C(C)C)CN3C2)n1. The predicted octanol–water partition coefficient (Wildman–Crippen LogP) is 0.856. The summed E-state index contributed by atoms with van der Waals surface area (Å²) in [4.78, 5) is 19.5. The standard InChI is InChI=1S/C19H34N6O2/c1-11(2)16-8-24-7-14(6-15(24)10-27-16)22-17(26)9-25-19(18(20)12(3)4)21-13(5)23-25/h11-12,14-16,18H,6-10,20H2,1-5H3,(H,22,26)/t14-,15+,16+,18+/m1/s1. The zero-order valence-electron chi connectivity index (χ0n) is 17.2. The summed E-state index contributed by atoms with van der Waals surface area (Å²) in [5.41, 5.74) is 6.23. The van der Waals surface area contributed by atoms with Crippen LogP contribution in [0.15, 0.2) is 0 Å². The fourth-order valence-electron chi connectivity index (χ4n) is 3.95. The van der Waals surface area contributed by atoms with Gasteiger partial charge in [0.05, 0.1) is 18.8 Å². The third-order valence-electron chi connectivity index (χ3n) is 5.67. The van der Waals surface area contributed by atoms with E-state index in [1.165, 1.54) is 0 Å². The molecule has 152 valence electrons. The number of nitrogens with two attached hydrogens (primary N) is 1. The minimum Gasteiger partial charge on any atom is -0.375 e. The quantitative estimate of drug-likeness (QED) is 0.762. The van der Waals surface area contributed by atoms with Crippen LogP contribution in [0.1, 0.15) is 51.8 Å². The lowest BCUT2D eigenvalue weighted by Crippen LogP contribution is -2.48. The highest BCUT2D eigenvalue weighted by Gasteiger charge is 2.38. The van der Waals surface area contributed by atoms with Crippen molar-refractivity contribution in [1.82, 2.24) is 25.0 Å². The Kier molecular flexibility index (Phi) is 6.18. The number of morpholine rings is 1. The van der Waals surface area contributed by atoms with Crippen molar-refractivity contribution >= 4 is 5.91 Å². The molecule has 0 aromatic carbocycles. The normalized spacial score (nSPS) is 27.2. The predicted molar refractivity (Wildman–Crippen MR) is 103 cm³/mol. The number of nitrogens with zero attached hydrogens (tertiary/aromatic N) is 4. The number of rotatable bonds is 6. The Morgan fingerprint density at radius 3 is 2.74 bits per heavy atom. The molecule has 2 saturated heterocycles. The van der Waals surface area contributed by atoms with Crippen molar-refractivity contribution in [2.45, 2.75) is 71.8 Å². The van der Waals surface area contributed by atoms with Crippen LogP contribution in [0.3, 0.4) is 0 Å². The van der Waals surface area contributed by atoms with Gasteiger partial charge in [-0.05, 0) is 25.2 Å². The molecular formula is C19H34N6O2. The molecule has 0 radical (unpaired) electrons. The second-order valence-electron chi connectivity index (χ2n) is 8.67. The third kappa shape index (κ3) is 4.67. The second-order valence-corrected chi connectivity index (χ2v) is 8.67. The number of carbonyl (C=O) groups is 1. The minimum absolute atomic E-state index is 0.0386. The minimum atomic E-state index is -0.232. The summed E-state index contributed by atoms with van der Waals surface area (Å²) >= 11 is 0. The molecule has 8 nitrogen and oxygen atoms in total. The molecule has 4 atom stereocenters. The summed E-state index contributed by atoms with van der Waals surface area (Å²) in [6.45, 7) is 13.0. The lowest BCUT2D eigenvalue weighted by Gasteiger charge is -2.36. The maximum absolute atomic E-state index is 12.6. The molecule has 3 heterocycles. The van der Waals surface area contributed by atoms with E-state index in [2.05, 4.69) is 34.1 Å². The molecule has 1 amide bonds. The van der Waals surface area contributed by atoms with Crippen molar-refractivity contribution in [3.8, 4) is 0 Å². The number of fused-ring (bicyclic) bond motifs is 1. The van der Waals surface area contributed by atoms with Gasteiger partial charge in [-0.3, -0.25) is 9.69 Å². The summed E-state index contributed by atoms with van der Waals surface area (Å²) < 4.78 is 7.63. The van der Waals surface area contributed by atoms with Crippen LogP contribution < -0.4 is 11.1 Å². The third-order valence-corrected chi connectivity index (χ3v) is 5.67. The zero-order chi connectivity index (χ0) is 19.7. The fraction of sp³-hybridized carbons (Fsp3) is 0.842. The molecule has 3 rings (SSSR count). The highest BCUT2D eigenvalue weighted by atomic mass is 16.5. The van der Waals surface area contributed by atoms with Gasteiger partial charge in [0, 0.05) is 25.2 Å². The van der Waals surface area contributed by atoms with E-state index in [-0.39, 0.29) is 36.6 Å². The number of nitrogens with one attached hydrogen (secondary N) is 1. The van der Waals surface area contributed by atoms with Gasteiger partial charge < -0.3 is 15.8 Å². The zero-order valence-corrected chi connectivity index (χ0v) is 17.2. The molecule has 1 aromatic rings. The molecule has 0 unspecified atom stereocenters. The lowest BCUT2D eigenvalue weighted by molar-refractivity contribution is -0.122. The van der Waals surface area contributed by atoms with Gasteiger partial charge in [-0.1, -0.05) is 27.7 Å². The van der Waals surface area contributed by atoms with Crippen LogP contribution >= 0.6 is 0 Å². The van der Waals surface area contributed by atoms with Gasteiger partial charge in [0.25, 0.3) is 0 Å². The second kappa shape index (κ2) is 8.24. The topological polar surface area (TPSA) is 98.3 Å². The van der Waals surface area contributed by atoms with Gasteiger partial charge in [-0.25, -0.2) is 9.67 Å². The molecule has 2 aliphatic heterocycles. The van der Waals surface area contributed by atoms with Crippen LogP contribution in [-0.4, -0.2) is 63.5 Å². The monoisotopic (exact) mass is 378 g/mol. The van der Waals surface area contributed by atoms with Crippen LogP contribution in [0.4, 0.5) is 0 Å². The molecule has 27 heavy (non-hydrogen) atoms. The molecule has 0 saturated carbocycles. The average molecular weight is 379 g/mol. The Labute approximate surface area is 161 Å². The van der Waals surface area contributed by atoms with E-state index in [4.69, 9.17) is 10.5 Å². The maximum Gasteiger partial charge on any atom is 0.242 e. The van der Waals surface area contributed by atoms with Gasteiger partial charge in [0.15, 0.2) is 0 Å². The van der Waals surface area contributed by atoms with E-state index in [0.29, 0.717) is 23.6 Å². The number of amides is 1. The van der Waals surface area contributed by atoms with Gasteiger partial charge >= 0.3 is 0 Å². The number of hydrogen-bond acceptors (Lipinski definition) is 6. The Hall–Kier alpha value is -1.51. The number of ether oxygens (including phenoxy) is 1. The number of aryl methyl sites for hydroxylation is 1. The Morgan fingerprint density at radius 1 is 1.33 bits per heavy atom. The summed E-state index contributed by atoms with van der Waals surface area (Å²) in [5, 5.41) is 7.53. The van der Waals surface area contributed by atoms with Crippen molar-refractivity contribution in [2.24, 2.45) is 17.6 Å². The Bertz CT molecular complexity index is 659. The lowest BCUT2D eigenvalue weighted by atomic mass is 10.0. The van der Waals surface area contributed by atoms with Gasteiger partial charge in [0.1, 0.15) is 18.2 Å². The van der Waals surface area contributed by atoms with Gasteiger partial charge in [-0.2, -0.15) is 5.10 Å². The molecule has 8 heteroatoms. The summed E-state index contributed by atoms with van der Waals surface area (Å²) in [7, 11) is 0. The maximum atomic E-state index is 12.6. The highest BCUT2D eigenvalue weighted by molar-refractivity contribution is 5.76. The fourth-order valence-corrected chi connectivity index (χ4v) is 3.95. The highest BCUT2D eigenvalue weighted by Crippen LogP contribution is 2.26. The first-order valence-corrected chi connectivity index (χ1v) is 10.1. The number of aromatic nitrogens is 3. The van der Waals surface area contributed by atoms with E-state index >= 15 is 0 Å². The van der Waals surface area contributed by atoms with Crippen molar-refractivity contribution in [2.75, 3.05) is 19.7 Å². The van der Waals surface area contributed by atoms with E-state index in [0.717, 1.165) is 26.1 Å². The molecule has 2 aliphatic rings. The summed E-state index contributed by atoms with van der Waals surface area (Å²) in [6, 6.07) is 0.331. The van der Waals surface area contributed by atoms with Crippen LogP contribution in [-0.2, 0) is 16.1 Å². The van der Waals surface area contributed by atoms with Crippen molar-refractivity contribution in [3.63, 3.8) is 0 Å². The van der Waals surface area contributed by atoms with Crippen molar-refractivity contribution in [1.29, 1.82) is 0 Å². The van der Waals surface area contributed by atoms with Crippen LogP contribution in [0.2, 0.25) is 0 Å². The van der Waals surface area contributed by atoms with Crippen molar-refractivity contribution in [3.05, 3.63) is 11.6 Å². The van der Waals surface area contributed by atoms with E-state index in [1.807, 2.05) is 20.8 Å². The molecular weight excluding hydrogens is 344 g/mol. The summed E-state index contributed by atoms with van der Waals surface area (Å²) in [5.74, 6) is 2.02. The molecule has 1 aromatic heterocycles. The molecule has 0 aliphatic carbocycles. The average Bonchev–Trinajstić information content (AvgIpc) is 3.15. The molecule has 0 spiro atoms. The smallest absolute Gasteiger partial charge is 0.242 e. The molecule has 0 bridgehead atoms. The van der Waals surface area contributed by atoms with E-state index < -0.39 is 0 Å².